The largest absolute Gasteiger partial charge is 0.741 e. The first-order valence-corrected chi connectivity index (χ1v) is 17.7. The van der Waals surface area contributed by atoms with Gasteiger partial charge in [-0.25, -0.2) is 8.42 Å². The Labute approximate surface area is 237 Å². The SMILES string of the molecule is C1=C\CC/C=C\CC/1.C[C@H]1CC[C@H](C)[PH+]1c1ccccc1[PH+]1[C@@H](C)CC[C@@H]1C.O=S(=O)([O-])C(F)(F)F.[Rh]. The second-order valence-corrected chi connectivity index (χ2v) is 18.4. The molecule has 4 atom stereocenters. The summed E-state index contributed by atoms with van der Waals surface area (Å²) in [5.41, 5.74) is -1.74. The summed E-state index contributed by atoms with van der Waals surface area (Å²) in [7, 11) is -6.75. The first-order valence-electron chi connectivity index (χ1n) is 13.0. The van der Waals surface area contributed by atoms with Gasteiger partial charge in [-0.15, -0.1) is 0 Å². The van der Waals surface area contributed by atoms with E-state index in [1.165, 1.54) is 51.4 Å². The minimum absolute atomic E-state index is 0. The van der Waals surface area contributed by atoms with Crippen molar-refractivity contribution in [3.05, 3.63) is 48.6 Å². The average molecular weight is 669 g/mol. The second kappa shape index (κ2) is 16.2. The standard InChI is InChI=1S/C18H28P2.C8H12.CHF3O3S.Rh/c1-13-9-10-14(2)19(13)17-7-5-6-8-18(17)20-15(3)11-12-16(20)4;1-2-4-6-8-7-5-3-1;2-1(3,4)8(5,6)7;/h5-8,13-16H,9-12H2,1-4H3;1-2,7-8H,3-6H2;(H,5,6,7);/p+1/b;2-1-,8-7-;;/t13-,14-,15-,16-;;;/m0.../s1. The van der Waals surface area contributed by atoms with Crippen LogP contribution in [0.3, 0.4) is 0 Å². The van der Waals surface area contributed by atoms with E-state index in [2.05, 4.69) is 76.3 Å². The Balaban J connectivity index is 0.000000335. The van der Waals surface area contributed by atoms with Crippen LogP contribution < -0.4 is 10.6 Å². The van der Waals surface area contributed by atoms with Crippen LogP contribution in [0, 0.1) is 0 Å². The maximum absolute atomic E-state index is 10.7. The summed E-state index contributed by atoms with van der Waals surface area (Å²) in [5, 5.41) is 3.67. The van der Waals surface area contributed by atoms with Crippen LogP contribution in [0.1, 0.15) is 79.1 Å². The first kappa shape index (κ1) is 34.9. The number of rotatable bonds is 2. The van der Waals surface area contributed by atoms with Gasteiger partial charge in [0.25, 0.3) is 0 Å². The van der Waals surface area contributed by atoms with Crippen LogP contribution in [0.25, 0.3) is 0 Å². The predicted octanol–water partition coefficient (Wildman–Crippen LogP) is 7.23. The molecule has 2 aliphatic heterocycles. The molecule has 1 aliphatic carbocycles. The number of allylic oxidation sites excluding steroid dienone is 4. The van der Waals surface area contributed by atoms with E-state index in [0.717, 1.165) is 22.6 Å². The van der Waals surface area contributed by atoms with E-state index in [1.807, 2.05) is 10.6 Å². The molecular formula is C27H42F3O3P2RhS+. The zero-order chi connectivity index (χ0) is 26.9. The average Bonchev–Trinajstić information content (AvgIpc) is 3.27. The zero-order valence-corrected chi connectivity index (χ0v) is 26.6. The van der Waals surface area contributed by atoms with Gasteiger partial charge in [0.1, 0.15) is 10.6 Å². The van der Waals surface area contributed by atoms with Gasteiger partial charge >= 0.3 is 5.51 Å². The minimum Gasteiger partial charge on any atom is -0.741 e. The van der Waals surface area contributed by atoms with Gasteiger partial charge in [0, 0.05) is 35.3 Å². The Morgan fingerprint density at radius 2 is 0.946 bits per heavy atom. The fourth-order valence-electron chi connectivity index (χ4n) is 5.50. The van der Waals surface area contributed by atoms with Crippen LogP contribution in [0.2, 0.25) is 0 Å². The molecule has 2 saturated heterocycles. The number of alkyl halides is 3. The topological polar surface area (TPSA) is 57.2 Å². The van der Waals surface area contributed by atoms with Crippen LogP contribution in [-0.4, -0.2) is 41.1 Å². The van der Waals surface area contributed by atoms with Gasteiger partial charge < -0.3 is 4.55 Å². The third-order valence-electron chi connectivity index (χ3n) is 7.35. The van der Waals surface area contributed by atoms with Gasteiger partial charge in [0.2, 0.25) is 0 Å². The van der Waals surface area contributed by atoms with E-state index in [4.69, 9.17) is 13.0 Å². The van der Waals surface area contributed by atoms with E-state index in [9.17, 15) is 13.2 Å². The van der Waals surface area contributed by atoms with Crippen molar-refractivity contribution in [2.45, 2.75) is 107 Å². The number of benzene rings is 1. The van der Waals surface area contributed by atoms with Crippen molar-refractivity contribution in [2.75, 3.05) is 0 Å². The maximum atomic E-state index is 10.7. The van der Waals surface area contributed by atoms with Crippen LogP contribution >= 0.6 is 15.8 Å². The summed E-state index contributed by atoms with van der Waals surface area (Å²) < 4.78 is 58.9. The van der Waals surface area contributed by atoms with E-state index < -0.39 is 15.6 Å². The third-order valence-corrected chi connectivity index (χ3v) is 15.7. The summed E-state index contributed by atoms with van der Waals surface area (Å²) in [5.74, 6) is 0. The molecule has 1 aromatic rings. The van der Waals surface area contributed by atoms with E-state index in [0.29, 0.717) is 0 Å². The summed E-state index contributed by atoms with van der Waals surface area (Å²) in [6, 6.07) is 9.64. The number of halogens is 3. The van der Waals surface area contributed by atoms with Gasteiger partial charge in [-0.3, -0.25) is 0 Å². The second-order valence-electron chi connectivity index (χ2n) is 10.2. The molecular weight excluding hydrogens is 626 g/mol. The van der Waals surface area contributed by atoms with Crippen LogP contribution in [0.5, 0.6) is 0 Å². The Kier molecular flexibility index (Phi) is 15.3. The number of hydrogen-bond donors (Lipinski definition) is 0. The normalized spacial score (nSPS) is 28.4. The van der Waals surface area contributed by atoms with Crippen molar-refractivity contribution in [1.82, 2.24) is 0 Å². The molecule has 2 fully saturated rings. The fraction of sp³-hybridized carbons (Fsp3) is 0.630. The van der Waals surface area contributed by atoms with Crippen LogP contribution in [-0.2, 0) is 29.6 Å². The molecule has 3 aliphatic rings. The molecule has 0 spiro atoms. The fourth-order valence-corrected chi connectivity index (χ4v) is 13.7. The quantitative estimate of drug-likeness (QED) is 0.110. The smallest absolute Gasteiger partial charge is 0.485 e. The summed E-state index contributed by atoms with van der Waals surface area (Å²) in [6.45, 7) is 10.1. The number of hydrogen-bond acceptors (Lipinski definition) is 3. The molecule has 1 aromatic carbocycles. The minimum atomic E-state index is -6.09. The van der Waals surface area contributed by atoms with Crippen molar-refractivity contribution in [3.8, 4) is 0 Å². The zero-order valence-electron chi connectivity index (χ0n) is 22.2. The molecule has 10 heteroatoms. The molecule has 3 nitrogen and oxygen atoms in total. The van der Waals surface area contributed by atoms with Crippen molar-refractivity contribution in [2.24, 2.45) is 0 Å². The molecule has 1 radical (unpaired) electrons. The first-order chi connectivity index (χ1) is 16.8. The molecule has 0 amide bonds. The van der Waals surface area contributed by atoms with Crippen molar-refractivity contribution in [1.29, 1.82) is 0 Å². The van der Waals surface area contributed by atoms with E-state index in [1.54, 1.807) is 0 Å². The molecule has 0 aromatic heterocycles. The monoisotopic (exact) mass is 668 g/mol. The molecule has 0 unspecified atom stereocenters. The van der Waals surface area contributed by atoms with Gasteiger partial charge in [-0.2, -0.15) is 13.2 Å². The Bertz CT molecular complexity index is 896. The Morgan fingerprint density at radius 1 is 0.703 bits per heavy atom. The Hall–Kier alpha value is -0.117. The van der Waals surface area contributed by atoms with Crippen molar-refractivity contribution < 1.29 is 45.6 Å². The van der Waals surface area contributed by atoms with Gasteiger partial charge in [0.15, 0.2) is 10.1 Å². The summed E-state index contributed by atoms with van der Waals surface area (Å²) in [4.78, 5) is 0. The van der Waals surface area contributed by atoms with Crippen LogP contribution in [0.15, 0.2) is 48.6 Å². The molecule has 0 saturated carbocycles. The van der Waals surface area contributed by atoms with Crippen LogP contribution in [0.4, 0.5) is 13.2 Å². The molecule has 37 heavy (non-hydrogen) atoms. The summed E-state index contributed by atoms with van der Waals surface area (Å²) in [6.07, 6.45) is 19.9. The molecule has 213 valence electrons. The molecule has 2 heterocycles. The van der Waals surface area contributed by atoms with Gasteiger partial charge in [0.05, 0.1) is 22.6 Å². The van der Waals surface area contributed by atoms with E-state index in [-0.39, 0.29) is 35.3 Å². The van der Waals surface area contributed by atoms with E-state index >= 15 is 0 Å². The van der Waals surface area contributed by atoms with Gasteiger partial charge in [-0.1, -0.05) is 36.4 Å². The molecule has 0 N–H and O–H groups in total. The summed E-state index contributed by atoms with van der Waals surface area (Å²) >= 11 is 0. The third kappa shape index (κ3) is 10.8. The van der Waals surface area contributed by atoms with Crippen molar-refractivity contribution >= 4 is 36.6 Å². The van der Waals surface area contributed by atoms with Crippen molar-refractivity contribution in [3.63, 3.8) is 0 Å². The van der Waals surface area contributed by atoms with Gasteiger partial charge in [-0.05, 0) is 91.2 Å². The maximum Gasteiger partial charge on any atom is 0.485 e. The Morgan fingerprint density at radius 3 is 1.16 bits per heavy atom. The molecule has 4 rings (SSSR count). The molecule has 0 bridgehead atoms. The predicted molar refractivity (Wildman–Crippen MR) is 151 cm³/mol.